The summed E-state index contributed by atoms with van der Waals surface area (Å²) in [5, 5.41) is 2.43. The maximum atomic E-state index is 11.6. The van der Waals surface area contributed by atoms with Gasteiger partial charge in [0.05, 0.1) is 6.61 Å². The van der Waals surface area contributed by atoms with Gasteiger partial charge < -0.3 is 14.8 Å². The van der Waals surface area contributed by atoms with Crippen molar-refractivity contribution in [2.24, 2.45) is 0 Å². The molecule has 0 aliphatic carbocycles. The van der Waals surface area contributed by atoms with Gasteiger partial charge in [0.25, 0.3) is 0 Å². The summed E-state index contributed by atoms with van der Waals surface area (Å²) in [4.78, 5) is 22.8. The van der Waals surface area contributed by atoms with E-state index in [0.717, 1.165) is 12.8 Å². The molecule has 0 radical (unpaired) electrons. The molecule has 96 valence electrons. The Hall–Kier alpha value is -1.70. The van der Waals surface area contributed by atoms with Crippen molar-refractivity contribution in [3.8, 4) is 12.3 Å². The van der Waals surface area contributed by atoms with Crippen LogP contribution >= 0.6 is 0 Å². The van der Waals surface area contributed by atoms with Gasteiger partial charge in [-0.25, -0.2) is 9.59 Å². The van der Waals surface area contributed by atoms with Gasteiger partial charge in [0.15, 0.2) is 6.61 Å². The summed E-state index contributed by atoms with van der Waals surface area (Å²) in [6, 6.07) is -0.670. The molecule has 0 heterocycles. The highest BCUT2D eigenvalue weighted by molar-refractivity contribution is 5.81. The zero-order valence-electron chi connectivity index (χ0n) is 10.3. The molecule has 0 saturated heterocycles. The fourth-order valence-corrected chi connectivity index (χ4v) is 1.13. The fraction of sp³-hybridized carbons (Fsp3) is 0.667. The van der Waals surface area contributed by atoms with Crippen molar-refractivity contribution < 1.29 is 19.1 Å². The number of amides is 1. The summed E-state index contributed by atoms with van der Waals surface area (Å²) in [7, 11) is 0. The number of hydrogen-bond acceptors (Lipinski definition) is 4. The molecule has 0 aromatic heterocycles. The van der Waals surface area contributed by atoms with E-state index in [9.17, 15) is 9.59 Å². The van der Waals surface area contributed by atoms with Crippen LogP contribution in [0.2, 0.25) is 0 Å². The van der Waals surface area contributed by atoms with Gasteiger partial charge in [0.1, 0.15) is 6.04 Å². The SMILES string of the molecule is C#CCOC(=O)NC(CCC)C(=O)OCCC. The van der Waals surface area contributed by atoms with Crippen LogP contribution in [0.15, 0.2) is 0 Å². The molecular weight excluding hydrogens is 222 g/mol. The van der Waals surface area contributed by atoms with Gasteiger partial charge in [-0.15, -0.1) is 6.42 Å². The summed E-state index contributed by atoms with van der Waals surface area (Å²) in [5.41, 5.74) is 0. The summed E-state index contributed by atoms with van der Waals surface area (Å²) in [6.45, 7) is 4.04. The maximum Gasteiger partial charge on any atom is 0.408 e. The number of esters is 1. The van der Waals surface area contributed by atoms with Crippen LogP contribution in [0.3, 0.4) is 0 Å². The van der Waals surface area contributed by atoms with E-state index in [-0.39, 0.29) is 6.61 Å². The third-order valence-corrected chi connectivity index (χ3v) is 1.89. The van der Waals surface area contributed by atoms with Crippen LogP contribution in [0.25, 0.3) is 0 Å². The standard InChI is InChI=1S/C12H19NO4/c1-4-7-10(11(14)16-8-5-2)13-12(15)17-9-6-3/h3,10H,4-5,7-9H2,1-2H3,(H,13,15). The first-order valence-corrected chi connectivity index (χ1v) is 5.69. The molecule has 17 heavy (non-hydrogen) atoms. The van der Waals surface area contributed by atoms with Crippen molar-refractivity contribution in [2.45, 2.75) is 39.2 Å². The van der Waals surface area contributed by atoms with Crippen LogP contribution in [-0.2, 0) is 14.3 Å². The molecule has 0 spiro atoms. The zero-order valence-corrected chi connectivity index (χ0v) is 10.3. The number of carbonyl (C=O) groups excluding carboxylic acids is 2. The van der Waals surface area contributed by atoms with Crippen molar-refractivity contribution in [1.82, 2.24) is 5.32 Å². The first-order valence-electron chi connectivity index (χ1n) is 5.69. The molecule has 0 aromatic rings. The van der Waals surface area contributed by atoms with E-state index in [2.05, 4.69) is 16.0 Å². The monoisotopic (exact) mass is 241 g/mol. The van der Waals surface area contributed by atoms with E-state index in [1.54, 1.807) is 0 Å². The lowest BCUT2D eigenvalue weighted by Crippen LogP contribution is -2.42. The second kappa shape index (κ2) is 9.52. The quantitative estimate of drug-likeness (QED) is 0.541. The van der Waals surface area contributed by atoms with E-state index >= 15 is 0 Å². The Morgan fingerprint density at radius 3 is 2.53 bits per heavy atom. The largest absolute Gasteiger partial charge is 0.464 e. The highest BCUT2D eigenvalue weighted by Gasteiger charge is 2.21. The second-order valence-corrected chi connectivity index (χ2v) is 3.43. The Balaban J connectivity index is 4.17. The van der Waals surface area contributed by atoms with Crippen LogP contribution in [-0.4, -0.2) is 31.3 Å². The molecule has 1 unspecified atom stereocenters. The molecule has 0 rings (SSSR count). The minimum absolute atomic E-state index is 0.116. The molecule has 5 heteroatoms. The number of ether oxygens (including phenoxy) is 2. The molecule has 1 amide bonds. The van der Waals surface area contributed by atoms with E-state index < -0.39 is 18.1 Å². The lowest BCUT2D eigenvalue weighted by atomic mass is 10.2. The molecule has 1 atom stereocenters. The van der Waals surface area contributed by atoms with Crippen molar-refractivity contribution in [2.75, 3.05) is 13.2 Å². The molecule has 1 N–H and O–H groups in total. The highest BCUT2D eigenvalue weighted by atomic mass is 16.6. The Labute approximate surface area is 102 Å². The summed E-state index contributed by atoms with van der Waals surface area (Å²) in [6.07, 6.45) is 6.25. The lowest BCUT2D eigenvalue weighted by Gasteiger charge is -2.16. The highest BCUT2D eigenvalue weighted by Crippen LogP contribution is 2.01. The third-order valence-electron chi connectivity index (χ3n) is 1.89. The van der Waals surface area contributed by atoms with Gasteiger partial charge >= 0.3 is 12.1 Å². The van der Waals surface area contributed by atoms with Crippen LogP contribution in [0.1, 0.15) is 33.1 Å². The minimum Gasteiger partial charge on any atom is -0.464 e. The molecular formula is C12H19NO4. The Bertz CT molecular complexity index is 283. The molecule has 0 aromatic carbocycles. The number of carbonyl (C=O) groups is 2. The first-order chi connectivity index (χ1) is 8.15. The van der Waals surface area contributed by atoms with Crippen molar-refractivity contribution in [1.29, 1.82) is 0 Å². The zero-order chi connectivity index (χ0) is 13.1. The van der Waals surface area contributed by atoms with Gasteiger partial charge in [-0.1, -0.05) is 26.2 Å². The molecule has 0 saturated carbocycles. The maximum absolute atomic E-state index is 11.6. The molecule has 0 aliphatic rings. The molecule has 0 fully saturated rings. The fourth-order valence-electron chi connectivity index (χ4n) is 1.13. The number of nitrogens with one attached hydrogen (secondary N) is 1. The lowest BCUT2D eigenvalue weighted by molar-refractivity contribution is -0.146. The van der Waals surface area contributed by atoms with Gasteiger partial charge in [-0.3, -0.25) is 0 Å². The summed E-state index contributed by atoms with van der Waals surface area (Å²) in [5.74, 6) is 1.73. The summed E-state index contributed by atoms with van der Waals surface area (Å²) < 4.78 is 9.59. The molecule has 0 bridgehead atoms. The smallest absolute Gasteiger partial charge is 0.408 e. The van der Waals surface area contributed by atoms with E-state index in [0.29, 0.717) is 13.0 Å². The van der Waals surface area contributed by atoms with Gasteiger partial charge in [0, 0.05) is 0 Å². The Morgan fingerprint density at radius 1 is 1.29 bits per heavy atom. The van der Waals surface area contributed by atoms with Crippen LogP contribution in [0.4, 0.5) is 4.79 Å². The predicted octanol–water partition coefficient (Wildman–Crippen LogP) is 1.47. The van der Waals surface area contributed by atoms with Crippen LogP contribution < -0.4 is 5.32 Å². The number of rotatable bonds is 7. The molecule has 5 nitrogen and oxygen atoms in total. The van der Waals surface area contributed by atoms with E-state index in [1.807, 2.05) is 13.8 Å². The Morgan fingerprint density at radius 2 is 2.00 bits per heavy atom. The third kappa shape index (κ3) is 7.23. The van der Waals surface area contributed by atoms with Crippen molar-refractivity contribution >= 4 is 12.1 Å². The number of terminal acetylenes is 1. The van der Waals surface area contributed by atoms with E-state index in [1.165, 1.54) is 0 Å². The average molecular weight is 241 g/mol. The predicted molar refractivity (Wildman–Crippen MR) is 63.3 cm³/mol. The number of hydrogen-bond donors (Lipinski definition) is 1. The van der Waals surface area contributed by atoms with Gasteiger partial charge in [-0.05, 0) is 12.8 Å². The second-order valence-electron chi connectivity index (χ2n) is 3.43. The number of alkyl carbamates (subject to hydrolysis) is 1. The normalized spacial score (nSPS) is 11.1. The van der Waals surface area contributed by atoms with E-state index in [4.69, 9.17) is 11.2 Å². The van der Waals surface area contributed by atoms with Crippen molar-refractivity contribution in [3.05, 3.63) is 0 Å². The summed E-state index contributed by atoms with van der Waals surface area (Å²) >= 11 is 0. The van der Waals surface area contributed by atoms with Gasteiger partial charge in [0.2, 0.25) is 0 Å². The topological polar surface area (TPSA) is 64.6 Å². The molecule has 0 aliphatic heterocycles. The van der Waals surface area contributed by atoms with Crippen LogP contribution in [0, 0.1) is 12.3 Å². The van der Waals surface area contributed by atoms with Gasteiger partial charge in [-0.2, -0.15) is 0 Å². The van der Waals surface area contributed by atoms with Crippen LogP contribution in [0.5, 0.6) is 0 Å². The average Bonchev–Trinajstić information content (AvgIpc) is 2.32. The first kappa shape index (κ1) is 15.3. The minimum atomic E-state index is -0.699. The Kier molecular flexibility index (Phi) is 8.57. The van der Waals surface area contributed by atoms with Crippen molar-refractivity contribution in [3.63, 3.8) is 0 Å².